The number of amides is 1. The van der Waals surface area contributed by atoms with Crippen LogP contribution in [0, 0.1) is 0 Å². The van der Waals surface area contributed by atoms with Crippen molar-refractivity contribution in [3.05, 3.63) is 33.0 Å². The molecule has 22 heavy (non-hydrogen) atoms. The third kappa shape index (κ3) is 2.95. The van der Waals surface area contributed by atoms with Crippen molar-refractivity contribution in [2.45, 2.75) is 19.1 Å². The topological polar surface area (TPSA) is 51.0 Å². The Morgan fingerprint density at radius 1 is 1.50 bits per heavy atom. The van der Waals surface area contributed by atoms with E-state index in [1.165, 1.54) is 30.3 Å². The number of hydrogen-bond donors (Lipinski definition) is 0. The lowest BCUT2D eigenvalue weighted by Crippen LogP contribution is -2.31. The van der Waals surface area contributed by atoms with Gasteiger partial charge < -0.3 is 4.90 Å². The van der Waals surface area contributed by atoms with E-state index in [-0.39, 0.29) is 5.69 Å². The molecule has 2 heterocycles. The first-order valence-corrected chi connectivity index (χ1v) is 7.36. The van der Waals surface area contributed by atoms with Crippen molar-refractivity contribution in [3.8, 4) is 0 Å². The van der Waals surface area contributed by atoms with Crippen molar-refractivity contribution in [1.82, 2.24) is 19.7 Å². The van der Waals surface area contributed by atoms with Crippen LogP contribution in [-0.4, -0.2) is 32.6 Å². The van der Waals surface area contributed by atoms with Crippen molar-refractivity contribution in [2.75, 3.05) is 7.05 Å². The second-order valence-electron chi connectivity index (χ2n) is 4.59. The Balaban J connectivity index is 2.36. The molecule has 0 saturated heterocycles. The Morgan fingerprint density at radius 2 is 2.14 bits per heavy atom. The maximum absolute atomic E-state index is 12.8. The van der Waals surface area contributed by atoms with Crippen LogP contribution in [0.4, 0.5) is 13.2 Å². The zero-order valence-corrected chi connectivity index (χ0v) is 13.4. The summed E-state index contributed by atoms with van der Waals surface area (Å²) >= 11 is 7.07. The summed E-state index contributed by atoms with van der Waals surface area (Å²) < 4.78 is 39.2. The molecule has 1 amide bonds. The molecule has 0 aromatic carbocycles. The molecule has 5 nitrogen and oxygen atoms in total. The highest BCUT2D eigenvalue weighted by molar-refractivity contribution is 7.09. The summed E-state index contributed by atoms with van der Waals surface area (Å²) in [5.41, 5.74) is -1.57. The summed E-state index contributed by atoms with van der Waals surface area (Å²) in [6.45, 7) is 1.73. The number of thiazole rings is 1. The molecule has 0 N–H and O–H groups in total. The van der Waals surface area contributed by atoms with Crippen LogP contribution in [-0.2, 0) is 13.2 Å². The highest BCUT2D eigenvalue weighted by atomic mass is 35.5. The van der Waals surface area contributed by atoms with Gasteiger partial charge in [-0.05, 0) is 6.92 Å². The molecule has 2 rings (SSSR count). The molecule has 120 valence electrons. The van der Waals surface area contributed by atoms with Gasteiger partial charge in [0.1, 0.15) is 15.7 Å². The van der Waals surface area contributed by atoms with E-state index >= 15 is 0 Å². The van der Waals surface area contributed by atoms with Gasteiger partial charge in [0.25, 0.3) is 5.91 Å². The molecule has 1 atom stereocenters. The molecule has 0 saturated carbocycles. The number of alkyl halides is 3. The van der Waals surface area contributed by atoms with Crippen LogP contribution >= 0.6 is 22.9 Å². The molecule has 0 aliphatic rings. The van der Waals surface area contributed by atoms with E-state index in [1.54, 1.807) is 18.5 Å². The van der Waals surface area contributed by atoms with E-state index < -0.39 is 28.8 Å². The van der Waals surface area contributed by atoms with Gasteiger partial charge in [-0.3, -0.25) is 9.48 Å². The highest BCUT2D eigenvalue weighted by Crippen LogP contribution is 2.36. The Labute approximate surface area is 133 Å². The van der Waals surface area contributed by atoms with Gasteiger partial charge in [-0.25, -0.2) is 4.98 Å². The largest absolute Gasteiger partial charge is 0.436 e. The fourth-order valence-electron chi connectivity index (χ4n) is 1.86. The summed E-state index contributed by atoms with van der Waals surface area (Å²) in [6, 6.07) is -0.396. The number of aryl methyl sites for hydroxylation is 1. The van der Waals surface area contributed by atoms with E-state index in [2.05, 4.69) is 10.1 Å². The van der Waals surface area contributed by atoms with Crippen LogP contribution < -0.4 is 0 Å². The van der Waals surface area contributed by atoms with Crippen molar-refractivity contribution in [3.63, 3.8) is 0 Å². The van der Waals surface area contributed by atoms with Gasteiger partial charge in [0.05, 0.1) is 6.04 Å². The lowest BCUT2D eigenvalue weighted by molar-refractivity contribution is -0.141. The Kier molecular flexibility index (Phi) is 4.48. The van der Waals surface area contributed by atoms with E-state index in [9.17, 15) is 18.0 Å². The highest BCUT2D eigenvalue weighted by Gasteiger charge is 2.40. The molecule has 2 aromatic rings. The molecule has 0 bridgehead atoms. The average molecular weight is 353 g/mol. The summed E-state index contributed by atoms with van der Waals surface area (Å²) in [7, 11) is 2.72. The fraction of sp³-hybridized carbons (Fsp3) is 0.417. The number of hydrogen-bond acceptors (Lipinski definition) is 4. The number of halogens is 4. The Hall–Kier alpha value is -1.61. The molecular formula is C12H12ClF3N4OS. The minimum Gasteiger partial charge on any atom is -0.331 e. The van der Waals surface area contributed by atoms with E-state index in [0.29, 0.717) is 5.01 Å². The van der Waals surface area contributed by atoms with Crippen LogP contribution in [0.3, 0.4) is 0 Å². The molecule has 0 aliphatic carbocycles. The molecule has 0 radical (unpaired) electrons. The number of carbonyl (C=O) groups excluding carboxylic acids is 1. The molecular weight excluding hydrogens is 341 g/mol. The second kappa shape index (κ2) is 5.88. The molecule has 10 heteroatoms. The first kappa shape index (κ1) is 16.8. The lowest BCUT2D eigenvalue weighted by atomic mass is 10.2. The minimum atomic E-state index is -4.72. The predicted octanol–water partition coefficient (Wildman–Crippen LogP) is 3.38. The van der Waals surface area contributed by atoms with Gasteiger partial charge >= 0.3 is 6.18 Å². The fourth-order valence-corrected chi connectivity index (χ4v) is 2.95. The maximum atomic E-state index is 12.8. The third-order valence-electron chi connectivity index (χ3n) is 3.17. The van der Waals surface area contributed by atoms with Crippen LogP contribution in [0.25, 0.3) is 0 Å². The molecule has 2 aromatic heterocycles. The summed E-state index contributed by atoms with van der Waals surface area (Å²) in [5.74, 6) is -0.654. The SMILES string of the molecule is C[C@@H](c1nccs1)N(C)C(=O)c1c(Cl)c(C(F)(F)F)nn1C. The van der Waals surface area contributed by atoms with Crippen molar-refractivity contribution in [1.29, 1.82) is 0 Å². The lowest BCUT2D eigenvalue weighted by Gasteiger charge is -2.23. The number of carbonyl (C=O) groups is 1. The first-order chi connectivity index (χ1) is 10.1. The number of rotatable bonds is 3. The van der Waals surface area contributed by atoms with Gasteiger partial charge in [0, 0.05) is 25.7 Å². The Morgan fingerprint density at radius 3 is 2.59 bits per heavy atom. The van der Waals surface area contributed by atoms with Crippen molar-refractivity contribution < 1.29 is 18.0 Å². The molecule has 0 spiro atoms. The van der Waals surface area contributed by atoms with Gasteiger partial charge in [-0.15, -0.1) is 11.3 Å². The van der Waals surface area contributed by atoms with Crippen LogP contribution in [0.5, 0.6) is 0 Å². The molecule has 0 aliphatic heterocycles. The minimum absolute atomic E-state index is 0.306. The molecule has 0 fully saturated rings. The zero-order chi connectivity index (χ0) is 16.7. The number of nitrogens with zero attached hydrogens (tertiary/aromatic N) is 4. The smallest absolute Gasteiger partial charge is 0.331 e. The summed E-state index contributed by atoms with van der Waals surface area (Å²) in [5, 5.41) is 5.03. The van der Waals surface area contributed by atoms with Gasteiger partial charge in [-0.1, -0.05) is 11.6 Å². The van der Waals surface area contributed by atoms with Gasteiger partial charge in [0.2, 0.25) is 0 Å². The van der Waals surface area contributed by atoms with E-state index in [1.807, 2.05) is 0 Å². The maximum Gasteiger partial charge on any atom is 0.436 e. The average Bonchev–Trinajstić information content (AvgIpc) is 3.04. The normalized spacial score (nSPS) is 13.2. The van der Waals surface area contributed by atoms with E-state index in [0.717, 1.165) is 4.68 Å². The number of aromatic nitrogens is 3. The second-order valence-corrected chi connectivity index (χ2v) is 5.90. The summed E-state index contributed by atoms with van der Waals surface area (Å²) in [4.78, 5) is 17.8. The van der Waals surface area contributed by atoms with E-state index in [4.69, 9.17) is 11.6 Å². The summed E-state index contributed by atoms with van der Waals surface area (Å²) in [6.07, 6.45) is -3.12. The van der Waals surface area contributed by atoms with Gasteiger partial charge in [0.15, 0.2) is 5.69 Å². The standard InChI is InChI=1S/C12H12ClF3N4OS/c1-6(10-17-4-5-22-10)19(2)11(21)8-7(13)9(12(14,15)16)18-20(8)3/h4-6H,1-3H3/t6-/m0/s1. The van der Waals surface area contributed by atoms with Crippen LogP contribution in [0.15, 0.2) is 11.6 Å². The van der Waals surface area contributed by atoms with Crippen molar-refractivity contribution in [2.24, 2.45) is 7.05 Å². The van der Waals surface area contributed by atoms with Gasteiger partial charge in [-0.2, -0.15) is 18.3 Å². The van der Waals surface area contributed by atoms with Crippen LogP contribution in [0.1, 0.15) is 34.2 Å². The van der Waals surface area contributed by atoms with Crippen LogP contribution in [0.2, 0.25) is 5.02 Å². The predicted molar refractivity (Wildman–Crippen MR) is 75.8 cm³/mol. The molecule has 0 unspecified atom stereocenters. The Bertz CT molecular complexity index is 683. The zero-order valence-electron chi connectivity index (χ0n) is 11.8. The van der Waals surface area contributed by atoms with Crippen molar-refractivity contribution >= 4 is 28.8 Å². The first-order valence-electron chi connectivity index (χ1n) is 6.10. The monoisotopic (exact) mass is 352 g/mol. The quantitative estimate of drug-likeness (QED) is 0.851. The third-order valence-corrected chi connectivity index (χ3v) is 4.47.